The summed E-state index contributed by atoms with van der Waals surface area (Å²) in [6.07, 6.45) is 2.82. The molecule has 0 radical (unpaired) electrons. The van der Waals surface area contributed by atoms with Crippen molar-refractivity contribution in [2.75, 3.05) is 39.5 Å². The number of benzene rings is 2. The maximum atomic E-state index is 16.5. The molecule has 4 aromatic rings. The van der Waals surface area contributed by atoms with Crippen LogP contribution in [0.1, 0.15) is 25.7 Å². The van der Waals surface area contributed by atoms with Crippen molar-refractivity contribution in [1.29, 1.82) is 0 Å². The summed E-state index contributed by atoms with van der Waals surface area (Å²) in [5, 5.41) is 3.79. The van der Waals surface area contributed by atoms with Gasteiger partial charge in [0.05, 0.1) is 33.5 Å². The van der Waals surface area contributed by atoms with Crippen LogP contribution in [0.25, 0.3) is 21.8 Å². The zero-order valence-corrected chi connectivity index (χ0v) is 30.2. The molecule has 2 aliphatic carbocycles. The number of halogens is 5. The van der Waals surface area contributed by atoms with Gasteiger partial charge in [-0.15, -0.1) is 0 Å². The molecule has 280 valence electrons. The molecule has 2 aromatic carbocycles. The van der Waals surface area contributed by atoms with Crippen molar-refractivity contribution in [1.82, 2.24) is 19.9 Å². The summed E-state index contributed by atoms with van der Waals surface area (Å²) in [4.78, 5) is 17.4. The van der Waals surface area contributed by atoms with E-state index in [4.69, 9.17) is 9.97 Å². The van der Waals surface area contributed by atoms with Gasteiger partial charge in [-0.1, -0.05) is 23.5 Å². The van der Waals surface area contributed by atoms with Crippen molar-refractivity contribution in [2.45, 2.75) is 60.7 Å². The third kappa shape index (κ3) is 6.22. The largest absolute Gasteiger partial charge is 0.351 e. The molecule has 19 heteroatoms. The fourth-order valence-electron chi connectivity index (χ4n) is 8.41. The molecule has 4 atom stereocenters. The van der Waals surface area contributed by atoms with Crippen molar-refractivity contribution in [3.63, 3.8) is 0 Å². The van der Waals surface area contributed by atoms with E-state index < -0.39 is 53.8 Å². The van der Waals surface area contributed by atoms with E-state index in [0.717, 1.165) is 37.1 Å². The number of fused-ring (bicyclic) bond motifs is 3. The van der Waals surface area contributed by atoms with Gasteiger partial charge in [-0.3, -0.25) is 9.62 Å². The predicted molar refractivity (Wildman–Crippen MR) is 188 cm³/mol. The number of thiazole rings is 1. The predicted octanol–water partition coefficient (Wildman–Crippen LogP) is 5.39. The first-order valence-corrected chi connectivity index (χ1v) is 21.3. The molecule has 2 saturated carbocycles. The Morgan fingerprint density at radius 3 is 2.21 bits per heavy atom. The minimum Gasteiger partial charge on any atom is -0.351 e. The van der Waals surface area contributed by atoms with Gasteiger partial charge in [0.1, 0.15) is 11.6 Å². The number of hydrogen-bond acceptors (Lipinski definition) is 11. The average molecular weight is 794 g/mol. The minimum absolute atomic E-state index is 0.0262. The number of sulfone groups is 1. The van der Waals surface area contributed by atoms with Crippen molar-refractivity contribution >= 4 is 48.0 Å². The molecule has 2 bridgehead atoms. The van der Waals surface area contributed by atoms with Crippen LogP contribution in [0.4, 0.5) is 38.7 Å². The Morgan fingerprint density at radius 1 is 0.887 bits per heavy atom. The minimum atomic E-state index is -4.90. The van der Waals surface area contributed by atoms with E-state index in [2.05, 4.69) is 20.1 Å². The molecule has 5 fully saturated rings. The first kappa shape index (κ1) is 34.8. The Balaban J connectivity index is 1.07. The first-order chi connectivity index (χ1) is 25.2. The number of nitrogens with zero attached hydrogens (tertiary/aromatic N) is 5. The lowest BCUT2D eigenvalue weighted by molar-refractivity contribution is -0.127. The van der Waals surface area contributed by atoms with Crippen LogP contribution in [-0.4, -0.2) is 91.4 Å². The van der Waals surface area contributed by atoms with E-state index in [1.165, 1.54) is 29.7 Å². The highest BCUT2D eigenvalue weighted by Crippen LogP contribution is 2.50. The molecule has 4 unspecified atom stereocenters. The Hall–Kier alpha value is -3.94. The highest BCUT2D eigenvalue weighted by atomic mass is 32.2. The summed E-state index contributed by atoms with van der Waals surface area (Å²) < 4.78 is 125. The lowest BCUT2D eigenvalue weighted by Gasteiger charge is -2.49. The Labute approximate surface area is 305 Å². The van der Waals surface area contributed by atoms with Gasteiger partial charge in [-0.25, -0.2) is 53.7 Å². The fourth-order valence-corrected chi connectivity index (χ4v) is 13.0. The maximum absolute atomic E-state index is 16.5. The second-order valence-corrected chi connectivity index (χ2v) is 19.3. The Bertz CT molecular complexity index is 2300. The van der Waals surface area contributed by atoms with E-state index in [1.807, 2.05) is 4.72 Å². The second-order valence-electron chi connectivity index (χ2n) is 14.5. The van der Waals surface area contributed by atoms with E-state index in [9.17, 15) is 34.4 Å². The molecule has 53 heavy (non-hydrogen) atoms. The summed E-state index contributed by atoms with van der Waals surface area (Å²) in [6, 6.07) is 7.79. The topological polar surface area (TPSA) is 137 Å². The van der Waals surface area contributed by atoms with Crippen molar-refractivity contribution in [3.05, 3.63) is 66.1 Å². The van der Waals surface area contributed by atoms with Gasteiger partial charge in [-0.05, 0) is 55.0 Å². The summed E-state index contributed by atoms with van der Waals surface area (Å²) >= 11 is 1.25. The third-order valence-corrected chi connectivity index (χ3v) is 15.3. The Morgan fingerprint density at radius 2 is 1.55 bits per heavy atom. The van der Waals surface area contributed by atoms with Crippen LogP contribution in [0.15, 0.2) is 53.6 Å². The zero-order chi connectivity index (χ0) is 37.0. The monoisotopic (exact) mass is 793 g/mol. The van der Waals surface area contributed by atoms with Gasteiger partial charge in [-0.2, -0.15) is 0 Å². The molecule has 5 aliphatic rings. The summed E-state index contributed by atoms with van der Waals surface area (Å²) in [5.74, 6) is -5.98. The number of aromatic nitrogens is 3. The lowest BCUT2D eigenvalue weighted by atomic mass is 9.86. The van der Waals surface area contributed by atoms with Crippen molar-refractivity contribution in [2.24, 2.45) is 11.8 Å². The highest BCUT2D eigenvalue weighted by molar-refractivity contribution is 7.92. The number of rotatable bonds is 9. The van der Waals surface area contributed by atoms with Gasteiger partial charge < -0.3 is 10.2 Å². The molecule has 0 amide bonds. The normalized spacial score (nSPS) is 27.3. The number of hydrogen-bond donors (Lipinski definition) is 2. The molecule has 3 saturated heterocycles. The van der Waals surface area contributed by atoms with Gasteiger partial charge in [0, 0.05) is 61.9 Å². The quantitative estimate of drug-likeness (QED) is 0.212. The standard InChI is InChI=1S/C34H32F5N7O4S3/c35-23-4-2-5-24(36)31(23)53(49,50)44-25-6-1-3-20(27(25)37)29-30(26-9-10-40-32(41-26)42-28-21-15-52(47,48)16-22(21)28)51-33(43-29)46-17-7-8-18(46)14-45(13-17)19-11-34(38,39)12-19/h1-6,9-10,17-19,21-22,28,44H,7-8,11-16H2,(H,40,41,42). The van der Waals surface area contributed by atoms with Crippen LogP contribution < -0.4 is 14.9 Å². The van der Waals surface area contributed by atoms with Gasteiger partial charge >= 0.3 is 0 Å². The molecule has 5 heterocycles. The van der Waals surface area contributed by atoms with Gasteiger partial charge in [0.15, 0.2) is 25.7 Å². The number of likely N-dealkylation sites (tertiary alicyclic amines) is 1. The fraction of sp³-hybridized carbons (Fsp3) is 0.441. The molecule has 11 nitrogen and oxygen atoms in total. The van der Waals surface area contributed by atoms with E-state index in [-0.39, 0.29) is 77.6 Å². The molecular formula is C34H32F5N7O4S3. The van der Waals surface area contributed by atoms with Crippen molar-refractivity contribution in [3.8, 4) is 21.8 Å². The number of alkyl halides is 2. The van der Waals surface area contributed by atoms with Crippen molar-refractivity contribution < 1.29 is 38.8 Å². The molecular weight excluding hydrogens is 762 g/mol. The summed E-state index contributed by atoms with van der Waals surface area (Å²) in [5.41, 5.74) is -0.146. The van der Waals surface area contributed by atoms with Crippen LogP contribution in [0.2, 0.25) is 0 Å². The lowest BCUT2D eigenvalue weighted by Crippen LogP contribution is -2.61. The van der Waals surface area contributed by atoms with Crippen LogP contribution in [0, 0.1) is 29.3 Å². The highest BCUT2D eigenvalue weighted by Gasteiger charge is 2.59. The smallest absolute Gasteiger partial charge is 0.267 e. The van der Waals surface area contributed by atoms with Crippen LogP contribution in [0.5, 0.6) is 0 Å². The van der Waals surface area contributed by atoms with Crippen LogP contribution in [0.3, 0.4) is 0 Å². The molecule has 0 spiro atoms. The van der Waals surface area contributed by atoms with E-state index >= 15 is 4.39 Å². The second kappa shape index (κ2) is 12.3. The summed E-state index contributed by atoms with van der Waals surface area (Å²) in [7, 11) is -7.97. The number of piperazine rings is 1. The van der Waals surface area contributed by atoms with Gasteiger partial charge in [0.25, 0.3) is 15.9 Å². The summed E-state index contributed by atoms with van der Waals surface area (Å²) in [6.45, 7) is 1.14. The number of sulfonamides is 1. The van der Waals surface area contributed by atoms with Crippen LogP contribution >= 0.6 is 11.3 Å². The average Bonchev–Trinajstić information content (AvgIpc) is 3.36. The number of anilines is 3. The van der Waals surface area contributed by atoms with E-state index in [1.54, 1.807) is 6.07 Å². The Kier molecular flexibility index (Phi) is 8.07. The van der Waals surface area contributed by atoms with Crippen LogP contribution in [-0.2, 0) is 19.9 Å². The molecule has 3 aliphatic heterocycles. The first-order valence-electron chi connectivity index (χ1n) is 17.1. The zero-order valence-electron chi connectivity index (χ0n) is 27.7. The molecule has 9 rings (SSSR count). The number of nitrogens with one attached hydrogen (secondary N) is 2. The molecule has 2 aromatic heterocycles. The molecule has 2 N–H and O–H groups in total. The van der Waals surface area contributed by atoms with Gasteiger partial charge in [0.2, 0.25) is 5.95 Å². The third-order valence-electron chi connectivity index (χ3n) is 11.0. The van der Waals surface area contributed by atoms with E-state index in [0.29, 0.717) is 28.8 Å². The maximum Gasteiger partial charge on any atom is 0.267 e. The SMILES string of the molecule is O=S1(=O)CC2C(C1)C2Nc1nccc(-c2sc(N3C4CCC3CN(C3CC(F)(F)C3)C4)nc2-c2cccc(NS(=O)(=O)c3c(F)cccc3F)c2F)n1.